The maximum Gasteiger partial charge on any atom is 0.162 e. The Labute approximate surface area is 157 Å². The van der Waals surface area contributed by atoms with Crippen molar-refractivity contribution < 1.29 is 0 Å². The molecule has 1 aliphatic rings. The first-order valence-electron chi connectivity index (χ1n) is 8.60. The summed E-state index contributed by atoms with van der Waals surface area (Å²) in [5.74, 6) is 1.70. The minimum Gasteiger partial charge on any atom is -0.339 e. The number of halogens is 1. The van der Waals surface area contributed by atoms with E-state index < -0.39 is 0 Å². The highest BCUT2D eigenvalue weighted by Gasteiger charge is 2.26. The minimum absolute atomic E-state index is 0.716. The molecule has 2 aromatic heterocycles. The van der Waals surface area contributed by atoms with Gasteiger partial charge < -0.3 is 4.90 Å². The van der Waals surface area contributed by atoms with Crippen LogP contribution in [0.3, 0.4) is 0 Å². The van der Waals surface area contributed by atoms with Crippen molar-refractivity contribution >= 4 is 27.9 Å². The monoisotopic (exact) mass is 372 g/mol. The molecule has 0 saturated heterocycles. The molecule has 0 fully saturated rings. The molecule has 0 unspecified atom stereocenters. The molecule has 4 rings (SSSR count). The average Bonchev–Trinajstić information content (AvgIpc) is 3.21. The number of hydrogen-bond donors (Lipinski definition) is 0. The highest BCUT2D eigenvalue weighted by molar-refractivity contribution is 7.16. The number of aromatic nitrogens is 3. The second-order valence-corrected chi connectivity index (χ2v) is 8.46. The molecule has 0 amide bonds. The summed E-state index contributed by atoms with van der Waals surface area (Å²) >= 11 is 7.91. The molecule has 1 aliphatic heterocycles. The topological polar surface area (TPSA) is 34.0 Å². The molecule has 0 aliphatic carbocycles. The summed E-state index contributed by atoms with van der Waals surface area (Å²) < 4.78 is 1.98. The van der Waals surface area contributed by atoms with Crippen LogP contribution in [0.15, 0.2) is 36.7 Å². The van der Waals surface area contributed by atoms with Crippen LogP contribution in [-0.4, -0.2) is 14.8 Å². The standard InChI is InChI=1S/C19H21ClN4S/c1-13(2)3-8-16-9-17-18-21-11-22-24(18)12-23(19(17)25-16)10-14-4-6-15(20)7-5-14/h4-7,9,11,13H,3,8,10,12H2,1-2H3. The van der Waals surface area contributed by atoms with Gasteiger partial charge in [-0.3, -0.25) is 0 Å². The molecule has 0 saturated carbocycles. The van der Waals surface area contributed by atoms with Gasteiger partial charge in [-0.2, -0.15) is 5.10 Å². The number of anilines is 1. The van der Waals surface area contributed by atoms with Gasteiger partial charge >= 0.3 is 0 Å². The van der Waals surface area contributed by atoms with E-state index in [0.29, 0.717) is 5.92 Å². The largest absolute Gasteiger partial charge is 0.339 e. The Hall–Kier alpha value is -1.85. The van der Waals surface area contributed by atoms with E-state index >= 15 is 0 Å². The number of hydrogen-bond acceptors (Lipinski definition) is 4. The Morgan fingerprint density at radius 3 is 2.80 bits per heavy atom. The molecule has 25 heavy (non-hydrogen) atoms. The summed E-state index contributed by atoms with van der Waals surface area (Å²) in [5, 5.41) is 6.46. The van der Waals surface area contributed by atoms with Gasteiger partial charge in [0, 0.05) is 16.4 Å². The number of fused-ring (bicyclic) bond motifs is 3. The zero-order valence-corrected chi connectivity index (χ0v) is 16.0. The van der Waals surface area contributed by atoms with E-state index in [1.54, 1.807) is 6.33 Å². The first kappa shape index (κ1) is 16.6. The van der Waals surface area contributed by atoms with Gasteiger partial charge in [0.25, 0.3) is 0 Å². The molecule has 0 spiro atoms. The number of nitrogens with zero attached hydrogens (tertiary/aromatic N) is 4. The second-order valence-electron chi connectivity index (χ2n) is 6.91. The Morgan fingerprint density at radius 2 is 2.04 bits per heavy atom. The third-order valence-corrected chi connectivity index (χ3v) is 5.97. The summed E-state index contributed by atoms with van der Waals surface area (Å²) in [7, 11) is 0. The van der Waals surface area contributed by atoms with Crippen LogP contribution in [0.1, 0.15) is 30.7 Å². The summed E-state index contributed by atoms with van der Waals surface area (Å²) in [4.78, 5) is 8.28. The number of aryl methyl sites for hydroxylation is 1. The first-order valence-corrected chi connectivity index (χ1v) is 9.80. The van der Waals surface area contributed by atoms with Crippen molar-refractivity contribution in [2.24, 2.45) is 5.92 Å². The van der Waals surface area contributed by atoms with Crippen molar-refractivity contribution in [1.29, 1.82) is 0 Å². The Bertz CT molecular complexity index is 866. The van der Waals surface area contributed by atoms with Crippen LogP contribution in [0.4, 0.5) is 5.00 Å². The number of rotatable bonds is 5. The van der Waals surface area contributed by atoms with E-state index in [1.165, 1.54) is 27.4 Å². The molecule has 0 atom stereocenters. The molecular weight excluding hydrogens is 352 g/mol. The highest BCUT2D eigenvalue weighted by Crippen LogP contribution is 2.42. The molecule has 6 heteroatoms. The van der Waals surface area contributed by atoms with Crippen molar-refractivity contribution in [3.63, 3.8) is 0 Å². The van der Waals surface area contributed by atoms with Crippen molar-refractivity contribution in [2.75, 3.05) is 4.90 Å². The normalized spacial score (nSPS) is 13.2. The van der Waals surface area contributed by atoms with Crippen molar-refractivity contribution in [2.45, 2.75) is 39.9 Å². The molecule has 130 valence electrons. The zero-order chi connectivity index (χ0) is 17.4. The SMILES string of the molecule is CC(C)CCc1cc2c(s1)N(Cc1ccc(Cl)cc1)Cn1ncnc1-2. The van der Waals surface area contributed by atoms with E-state index in [4.69, 9.17) is 11.6 Å². The quantitative estimate of drug-likeness (QED) is 0.615. The maximum atomic E-state index is 6.02. The smallest absolute Gasteiger partial charge is 0.162 e. The minimum atomic E-state index is 0.716. The van der Waals surface area contributed by atoms with E-state index in [2.05, 4.69) is 47.0 Å². The van der Waals surface area contributed by atoms with Crippen molar-refractivity contribution in [3.8, 4) is 11.4 Å². The van der Waals surface area contributed by atoms with Crippen LogP contribution < -0.4 is 4.90 Å². The van der Waals surface area contributed by atoms with E-state index in [0.717, 1.165) is 30.5 Å². The fraction of sp³-hybridized carbons (Fsp3) is 0.368. The lowest BCUT2D eigenvalue weighted by molar-refractivity contribution is 0.572. The molecule has 3 heterocycles. The number of benzene rings is 1. The van der Waals surface area contributed by atoms with Crippen LogP contribution >= 0.6 is 22.9 Å². The number of thiophene rings is 1. The molecule has 3 aromatic rings. The Kier molecular flexibility index (Phi) is 4.52. The molecule has 1 aromatic carbocycles. The maximum absolute atomic E-state index is 6.02. The van der Waals surface area contributed by atoms with Crippen LogP contribution in [0, 0.1) is 5.92 Å². The van der Waals surface area contributed by atoms with Crippen LogP contribution in [0.25, 0.3) is 11.4 Å². The molecule has 4 nitrogen and oxygen atoms in total. The fourth-order valence-electron chi connectivity index (χ4n) is 3.11. The van der Waals surface area contributed by atoms with Gasteiger partial charge in [0.15, 0.2) is 5.82 Å². The molecule has 0 bridgehead atoms. The summed E-state index contributed by atoms with van der Waals surface area (Å²) in [5.41, 5.74) is 2.46. The van der Waals surface area contributed by atoms with Gasteiger partial charge in [0.2, 0.25) is 0 Å². The third-order valence-electron chi connectivity index (χ3n) is 4.47. The van der Waals surface area contributed by atoms with Crippen LogP contribution in [0.2, 0.25) is 5.02 Å². The van der Waals surface area contributed by atoms with Crippen LogP contribution in [0.5, 0.6) is 0 Å². The van der Waals surface area contributed by atoms with Gasteiger partial charge in [-0.25, -0.2) is 9.67 Å². The van der Waals surface area contributed by atoms with Crippen LogP contribution in [-0.2, 0) is 19.6 Å². The summed E-state index contributed by atoms with van der Waals surface area (Å²) in [6.45, 7) is 6.12. The lowest BCUT2D eigenvalue weighted by Gasteiger charge is -2.28. The lowest BCUT2D eigenvalue weighted by Crippen LogP contribution is -2.29. The molecular formula is C19H21ClN4S. The lowest BCUT2D eigenvalue weighted by atomic mass is 10.1. The van der Waals surface area contributed by atoms with E-state index in [1.807, 2.05) is 28.2 Å². The van der Waals surface area contributed by atoms with Gasteiger partial charge in [-0.1, -0.05) is 37.6 Å². The zero-order valence-electron chi connectivity index (χ0n) is 14.4. The molecule has 0 N–H and O–H groups in total. The van der Waals surface area contributed by atoms with Crippen molar-refractivity contribution in [1.82, 2.24) is 14.8 Å². The summed E-state index contributed by atoms with van der Waals surface area (Å²) in [6, 6.07) is 10.4. The average molecular weight is 373 g/mol. The fourth-order valence-corrected chi connectivity index (χ4v) is 4.40. The Balaban J connectivity index is 1.65. The first-order chi connectivity index (χ1) is 12.1. The predicted molar refractivity (Wildman–Crippen MR) is 104 cm³/mol. The summed E-state index contributed by atoms with van der Waals surface area (Å²) in [6.07, 6.45) is 3.98. The third kappa shape index (κ3) is 3.44. The highest BCUT2D eigenvalue weighted by atomic mass is 35.5. The van der Waals surface area contributed by atoms with E-state index in [9.17, 15) is 0 Å². The van der Waals surface area contributed by atoms with Gasteiger partial charge in [-0.15, -0.1) is 11.3 Å². The van der Waals surface area contributed by atoms with Crippen molar-refractivity contribution in [3.05, 3.63) is 52.1 Å². The predicted octanol–water partition coefficient (Wildman–Crippen LogP) is 5.23. The molecule has 0 radical (unpaired) electrons. The Morgan fingerprint density at radius 1 is 1.24 bits per heavy atom. The van der Waals surface area contributed by atoms with Gasteiger partial charge in [-0.05, 0) is 42.5 Å². The second kappa shape index (κ2) is 6.81. The van der Waals surface area contributed by atoms with Gasteiger partial charge in [0.1, 0.15) is 18.0 Å². The van der Waals surface area contributed by atoms with E-state index in [-0.39, 0.29) is 0 Å². The van der Waals surface area contributed by atoms with Gasteiger partial charge in [0.05, 0.1) is 5.56 Å².